The fourth-order valence-electron chi connectivity index (χ4n) is 12.9. The van der Waals surface area contributed by atoms with Gasteiger partial charge in [0.25, 0.3) is 0 Å². The largest absolute Gasteiger partial charge is 0.353 e. The first-order valence-corrected chi connectivity index (χ1v) is 37.0. The molecule has 0 spiro atoms. The number of amides is 4. The number of hydrogen-bond acceptors (Lipinski definition) is 7. The maximum absolute atomic E-state index is 14.7. The van der Waals surface area contributed by atoms with E-state index in [9.17, 15) is 19.2 Å². The highest BCUT2D eigenvalue weighted by molar-refractivity contribution is 5.88. The lowest BCUT2D eigenvalue weighted by Crippen LogP contribution is -2.56. The van der Waals surface area contributed by atoms with Crippen LogP contribution in [0.2, 0.25) is 0 Å². The minimum absolute atomic E-state index is 0.0239. The van der Waals surface area contributed by atoms with Crippen LogP contribution in [0.25, 0.3) is 0 Å². The summed E-state index contributed by atoms with van der Waals surface area (Å²) in [4.78, 5) is 69.9. The molecular formula is C75H139N7O4. The van der Waals surface area contributed by atoms with E-state index in [2.05, 4.69) is 123 Å². The molecule has 4 amide bonds. The van der Waals surface area contributed by atoms with Gasteiger partial charge in [0.05, 0.1) is 0 Å². The molecule has 0 aromatic heterocycles. The van der Waals surface area contributed by atoms with Crippen molar-refractivity contribution >= 4 is 23.6 Å². The average molecular weight is 1200 g/mol. The second kappa shape index (κ2) is 55.8. The van der Waals surface area contributed by atoms with E-state index in [4.69, 9.17) is 0 Å². The number of carbonyl (C=O) groups is 4. The monoisotopic (exact) mass is 1200 g/mol. The summed E-state index contributed by atoms with van der Waals surface area (Å²) in [5, 5.41) is 6.70. The Balaban J connectivity index is 2.11. The molecule has 0 aromatic rings. The SMILES string of the molecule is CCCCC/C=C\C/C=C\CCCCCCCC(=O)N(CCN1CCCCCC1)C(C(=O)NCCN(C)CCNC(=O)C(C(CC)CCCC)N(CCN1CCCCCC1)C(=O)CCCCCCC/C=C\C/C=C\CCCCC)C(CC)CCCC. The number of nitrogens with zero attached hydrogens (tertiary/aromatic N) is 5. The Morgan fingerprint density at radius 2 is 0.721 bits per heavy atom. The highest BCUT2D eigenvalue weighted by atomic mass is 16.2. The number of nitrogens with one attached hydrogen (secondary N) is 2. The van der Waals surface area contributed by atoms with Gasteiger partial charge in [-0.05, 0) is 161 Å². The van der Waals surface area contributed by atoms with Crippen LogP contribution in [0.4, 0.5) is 0 Å². The van der Waals surface area contributed by atoms with Gasteiger partial charge in [-0.15, -0.1) is 0 Å². The van der Waals surface area contributed by atoms with Crippen LogP contribution in [0, 0.1) is 11.8 Å². The lowest BCUT2D eigenvalue weighted by Gasteiger charge is -2.38. The highest BCUT2D eigenvalue weighted by Gasteiger charge is 2.37. The fraction of sp³-hybridized carbons (Fsp3) is 0.840. The van der Waals surface area contributed by atoms with Crippen LogP contribution in [-0.4, -0.2) is 146 Å². The molecule has 4 atom stereocenters. The molecule has 11 nitrogen and oxygen atoms in total. The molecule has 2 aliphatic heterocycles. The van der Waals surface area contributed by atoms with Gasteiger partial charge in [0, 0.05) is 65.2 Å². The van der Waals surface area contributed by atoms with E-state index in [0.717, 1.165) is 155 Å². The van der Waals surface area contributed by atoms with Crippen molar-refractivity contribution in [2.24, 2.45) is 11.8 Å². The lowest BCUT2D eigenvalue weighted by molar-refractivity contribution is -0.143. The topological polar surface area (TPSA) is 109 Å². The van der Waals surface area contributed by atoms with Gasteiger partial charge in [0.2, 0.25) is 23.6 Å². The Labute approximate surface area is 532 Å². The van der Waals surface area contributed by atoms with Gasteiger partial charge in [-0.1, -0.05) is 219 Å². The maximum atomic E-state index is 14.7. The third kappa shape index (κ3) is 39.0. The molecule has 4 unspecified atom stereocenters. The fourth-order valence-corrected chi connectivity index (χ4v) is 12.9. The first-order chi connectivity index (χ1) is 42.1. The van der Waals surface area contributed by atoms with Gasteiger partial charge in [-0.2, -0.15) is 0 Å². The summed E-state index contributed by atoms with van der Waals surface area (Å²) in [5.41, 5.74) is 0. The number of hydrogen-bond donors (Lipinski definition) is 2. The molecule has 2 saturated heterocycles. The van der Waals surface area contributed by atoms with Crippen LogP contribution in [0.3, 0.4) is 0 Å². The average Bonchev–Trinajstić information content (AvgIpc) is 3.65. The molecule has 2 heterocycles. The van der Waals surface area contributed by atoms with Crippen molar-refractivity contribution in [2.75, 3.05) is 85.6 Å². The number of likely N-dealkylation sites (tertiary alicyclic amines) is 2. The lowest BCUT2D eigenvalue weighted by atomic mass is 9.89. The Morgan fingerprint density at radius 1 is 0.395 bits per heavy atom. The van der Waals surface area contributed by atoms with E-state index < -0.39 is 12.1 Å². The molecule has 2 fully saturated rings. The van der Waals surface area contributed by atoms with Crippen molar-refractivity contribution < 1.29 is 19.2 Å². The molecule has 0 radical (unpaired) electrons. The zero-order valence-corrected chi connectivity index (χ0v) is 57.6. The van der Waals surface area contributed by atoms with Gasteiger partial charge in [0.15, 0.2) is 0 Å². The van der Waals surface area contributed by atoms with Gasteiger partial charge in [0.1, 0.15) is 12.1 Å². The molecule has 2 N–H and O–H groups in total. The van der Waals surface area contributed by atoms with Crippen molar-refractivity contribution in [1.82, 2.24) is 35.1 Å². The summed E-state index contributed by atoms with van der Waals surface area (Å²) in [5.74, 6) is 0.405. The van der Waals surface area contributed by atoms with Gasteiger partial charge >= 0.3 is 0 Å². The van der Waals surface area contributed by atoms with E-state index in [1.165, 1.54) is 128 Å². The van der Waals surface area contributed by atoms with Crippen LogP contribution in [0.15, 0.2) is 48.6 Å². The quantitative estimate of drug-likeness (QED) is 0.0461. The number of rotatable bonds is 54. The van der Waals surface area contributed by atoms with E-state index in [0.29, 0.717) is 52.1 Å². The van der Waals surface area contributed by atoms with Crippen molar-refractivity contribution in [3.63, 3.8) is 0 Å². The van der Waals surface area contributed by atoms with E-state index in [1.54, 1.807) is 0 Å². The van der Waals surface area contributed by atoms with Gasteiger partial charge < -0.3 is 35.1 Å². The summed E-state index contributed by atoms with van der Waals surface area (Å²) >= 11 is 0. The van der Waals surface area contributed by atoms with Crippen LogP contribution in [0.1, 0.15) is 298 Å². The normalized spacial score (nSPS) is 16.3. The molecule has 0 aliphatic carbocycles. The van der Waals surface area contributed by atoms with Gasteiger partial charge in [-0.25, -0.2) is 0 Å². The molecule has 0 bridgehead atoms. The van der Waals surface area contributed by atoms with E-state index in [-0.39, 0.29) is 35.5 Å². The predicted octanol–water partition coefficient (Wildman–Crippen LogP) is 17.4. The zero-order chi connectivity index (χ0) is 62.3. The second-order valence-corrected chi connectivity index (χ2v) is 26.0. The molecule has 0 saturated carbocycles. The number of likely N-dealkylation sites (N-methyl/N-ethyl adjacent to an activating group) is 1. The molecular weight excluding hydrogens is 1060 g/mol. The predicted molar refractivity (Wildman–Crippen MR) is 370 cm³/mol. The second-order valence-electron chi connectivity index (χ2n) is 26.0. The van der Waals surface area contributed by atoms with Crippen LogP contribution >= 0.6 is 0 Å². The summed E-state index contributed by atoms with van der Waals surface area (Å²) in [6, 6.07) is -0.991. The first kappa shape index (κ1) is 78.8. The van der Waals surface area contributed by atoms with Crippen molar-refractivity contribution in [1.29, 1.82) is 0 Å². The van der Waals surface area contributed by atoms with Gasteiger partial charge in [-0.3, -0.25) is 19.2 Å². The molecule has 0 aromatic carbocycles. The Kier molecular flexibility index (Phi) is 51.1. The van der Waals surface area contributed by atoms with Crippen LogP contribution in [0.5, 0.6) is 0 Å². The number of unbranched alkanes of at least 4 members (excludes halogenated alkanes) is 18. The van der Waals surface area contributed by atoms with Crippen molar-refractivity contribution in [3.8, 4) is 0 Å². The minimum atomic E-state index is -0.496. The number of allylic oxidation sites excluding steroid dienone is 8. The summed E-state index contributed by atoms with van der Waals surface area (Å²) in [6.45, 7) is 22.6. The maximum Gasteiger partial charge on any atom is 0.243 e. The molecule has 498 valence electrons. The Morgan fingerprint density at radius 3 is 1.06 bits per heavy atom. The summed E-state index contributed by atoms with van der Waals surface area (Å²) < 4.78 is 0. The highest BCUT2D eigenvalue weighted by Crippen LogP contribution is 2.26. The molecule has 2 rings (SSSR count). The third-order valence-corrected chi connectivity index (χ3v) is 18.6. The summed E-state index contributed by atoms with van der Waals surface area (Å²) in [6.07, 6.45) is 62.3. The zero-order valence-electron chi connectivity index (χ0n) is 57.6. The van der Waals surface area contributed by atoms with E-state index >= 15 is 0 Å². The standard InChI is InChI=1S/C75H139N7O4/c1-8-14-18-20-22-24-26-28-30-32-34-36-38-40-46-54-70(83)81(66-64-79-58-48-42-43-49-59-79)72(68(12-5)52-16-10-3)74(85)76-56-62-78(7)63-57-77-75(86)73(69(13-6)53-17-11-4)82(67-65-80-60-50-44-45-51-61-80)71(84)55-47-41-39-37-35-33-31-29-27-25-23-21-19-15-9-2/h22-25,28-31,68-69,72-73H,8-21,26-27,32-67H2,1-7H3,(H,76,85)(H,77,86)/b24-22-,25-23-,30-28-,31-29-. The number of carbonyl (C=O) groups excluding carboxylic acids is 4. The van der Waals surface area contributed by atoms with Crippen molar-refractivity contribution in [2.45, 2.75) is 310 Å². The summed E-state index contributed by atoms with van der Waals surface area (Å²) in [7, 11) is 2.06. The minimum Gasteiger partial charge on any atom is -0.353 e. The van der Waals surface area contributed by atoms with Crippen LogP contribution in [-0.2, 0) is 19.2 Å². The molecule has 11 heteroatoms. The Hall–Kier alpha value is -3.28. The third-order valence-electron chi connectivity index (χ3n) is 18.6. The van der Waals surface area contributed by atoms with Crippen LogP contribution < -0.4 is 10.6 Å². The smallest absolute Gasteiger partial charge is 0.243 e. The van der Waals surface area contributed by atoms with E-state index in [1.807, 2.05) is 9.80 Å². The Bertz CT molecular complexity index is 1630. The molecule has 86 heavy (non-hydrogen) atoms. The molecule has 2 aliphatic rings. The first-order valence-electron chi connectivity index (χ1n) is 37.0. The van der Waals surface area contributed by atoms with Crippen molar-refractivity contribution in [3.05, 3.63) is 48.6 Å².